The quantitative estimate of drug-likeness (QED) is 0.740. The average molecular weight is 197 g/mol. The predicted molar refractivity (Wildman–Crippen MR) is 58.5 cm³/mol. The van der Waals surface area contributed by atoms with Gasteiger partial charge in [-0.3, -0.25) is 0 Å². The van der Waals surface area contributed by atoms with Gasteiger partial charge in [0, 0.05) is 31.1 Å². The van der Waals surface area contributed by atoms with E-state index < -0.39 is 0 Å². The zero-order valence-electron chi connectivity index (χ0n) is 9.16. The molecule has 1 aliphatic heterocycles. The lowest BCUT2D eigenvalue weighted by Crippen LogP contribution is -2.31. The number of ether oxygens (including phenoxy) is 1. The number of amidine groups is 1. The van der Waals surface area contributed by atoms with Crippen molar-refractivity contribution >= 4 is 11.5 Å². The molecule has 0 fully saturated rings. The van der Waals surface area contributed by atoms with Crippen LogP contribution < -0.4 is 5.73 Å². The van der Waals surface area contributed by atoms with Crippen LogP contribution in [-0.4, -0.2) is 25.3 Å². The number of methoxy groups -OCH3 is 1. The van der Waals surface area contributed by atoms with Crippen molar-refractivity contribution in [3.8, 4) is 0 Å². The highest BCUT2D eigenvalue weighted by molar-refractivity contribution is 5.96. The normalized spacial score (nSPS) is 24.1. The molecule has 2 atom stereocenters. The van der Waals surface area contributed by atoms with Crippen molar-refractivity contribution in [2.45, 2.75) is 26.7 Å². The first-order valence-electron chi connectivity index (χ1n) is 5.07. The van der Waals surface area contributed by atoms with Crippen molar-refractivity contribution in [1.82, 2.24) is 0 Å². The van der Waals surface area contributed by atoms with Gasteiger partial charge in [-0.2, -0.15) is 5.10 Å². The van der Waals surface area contributed by atoms with Gasteiger partial charge < -0.3 is 10.5 Å². The van der Waals surface area contributed by atoms with E-state index in [-0.39, 0.29) is 0 Å². The molecule has 0 saturated carbocycles. The van der Waals surface area contributed by atoms with Gasteiger partial charge in [0.25, 0.3) is 0 Å². The lowest BCUT2D eigenvalue weighted by atomic mass is 9.88. The summed E-state index contributed by atoms with van der Waals surface area (Å²) in [6.45, 7) is 4.96. The summed E-state index contributed by atoms with van der Waals surface area (Å²) in [6, 6.07) is 0. The van der Waals surface area contributed by atoms with E-state index in [2.05, 4.69) is 24.1 Å². The lowest BCUT2D eigenvalue weighted by Gasteiger charge is -2.23. The van der Waals surface area contributed by atoms with Gasteiger partial charge in [0.2, 0.25) is 0 Å². The first-order chi connectivity index (χ1) is 6.69. The molecule has 0 aromatic heterocycles. The molecule has 0 radical (unpaired) electrons. The van der Waals surface area contributed by atoms with Gasteiger partial charge in [-0.15, -0.1) is 5.10 Å². The second kappa shape index (κ2) is 5.10. The second-order valence-electron chi connectivity index (χ2n) is 3.78. The van der Waals surface area contributed by atoms with E-state index in [1.54, 1.807) is 7.11 Å². The van der Waals surface area contributed by atoms with Gasteiger partial charge in [-0.25, -0.2) is 0 Å². The van der Waals surface area contributed by atoms with Crippen molar-refractivity contribution in [3.63, 3.8) is 0 Å². The number of nitrogens with two attached hydrogens (primary N) is 1. The van der Waals surface area contributed by atoms with Gasteiger partial charge in [0.05, 0.1) is 6.61 Å². The van der Waals surface area contributed by atoms with Crippen molar-refractivity contribution in [3.05, 3.63) is 0 Å². The van der Waals surface area contributed by atoms with Gasteiger partial charge in [-0.1, -0.05) is 13.8 Å². The third kappa shape index (κ3) is 2.54. The predicted octanol–water partition coefficient (Wildman–Crippen LogP) is 1.41. The minimum absolute atomic E-state index is 0.335. The maximum absolute atomic E-state index is 5.65. The summed E-state index contributed by atoms with van der Waals surface area (Å²) in [6.07, 6.45) is 1.90. The van der Waals surface area contributed by atoms with Crippen molar-refractivity contribution in [2.24, 2.45) is 27.8 Å². The highest BCUT2D eigenvalue weighted by atomic mass is 16.5. The van der Waals surface area contributed by atoms with Crippen molar-refractivity contribution in [1.29, 1.82) is 0 Å². The Morgan fingerprint density at radius 1 is 1.57 bits per heavy atom. The Labute approximate surface area is 85.2 Å². The van der Waals surface area contributed by atoms with Crippen LogP contribution in [0.25, 0.3) is 0 Å². The first-order valence-corrected chi connectivity index (χ1v) is 5.07. The highest BCUT2D eigenvalue weighted by Crippen LogP contribution is 2.20. The molecule has 4 nitrogen and oxygen atoms in total. The van der Waals surface area contributed by atoms with E-state index in [1.165, 1.54) is 0 Å². The fourth-order valence-corrected chi connectivity index (χ4v) is 1.79. The number of hydrogen-bond acceptors (Lipinski definition) is 4. The van der Waals surface area contributed by atoms with Crippen LogP contribution in [0.2, 0.25) is 0 Å². The zero-order chi connectivity index (χ0) is 10.6. The van der Waals surface area contributed by atoms with E-state index in [0.717, 1.165) is 18.6 Å². The van der Waals surface area contributed by atoms with E-state index in [1.807, 2.05) is 0 Å². The summed E-state index contributed by atoms with van der Waals surface area (Å²) in [5.74, 6) is 1.42. The number of nitrogens with zero attached hydrogens (tertiary/aromatic N) is 2. The van der Waals surface area contributed by atoms with Gasteiger partial charge in [0.15, 0.2) is 0 Å². The largest absolute Gasteiger partial charge is 0.386 e. The molecule has 2 unspecified atom stereocenters. The highest BCUT2D eigenvalue weighted by Gasteiger charge is 2.24. The van der Waals surface area contributed by atoms with Crippen molar-refractivity contribution < 1.29 is 4.74 Å². The SMILES string of the molecule is CCC1CC(N)=NN=C1C(C)COC. The molecule has 0 bridgehead atoms. The molecule has 0 amide bonds. The van der Waals surface area contributed by atoms with E-state index in [4.69, 9.17) is 10.5 Å². The standard InChI is InChI=1S/C10H19N3O/c1-4-8-5-9(11)12-13-10(8)7(2)6-14-3/h7-8H,4-6H2,1-3H3,(H2,11,12). The van der Waals surface area contributed by atoms with Crippen molar-refractivity contribution in [2.75, 3.05) is 13.7 Å². The maximum atomic E-state index is 5.65. The molecule has 0 saturated heterocycles. The Bertz CT molecular complexity index is 248. The molecule has 1 heterocycles. The van der Waals surface area contributed by atoms with E-state index >= 15 is 0 Å². The molecule has 0 aliphatic carbocycles. The summed E-state index contributed by atoms with van der Waals surface area (Å²) in [7, 11) is 1.71. The van der Waals surface area contributed by atoms with Crippen LogP contribution in [0.4, 0.5) is 0 Å². The molecule has 4 heteroatoms. The van der Waals surface area contributed by atoms with E-state index in [0.29, 0.717) is 24.3 Å². The molecule has 14 heavy (non-hydrogen) atoms. The van der Waals surface area contributed by atoms with Gasteiger partial charge in [0.1, 0.15) is 5.84 Å². The summed E-state index contributed by atoms with van der Waals surface area (Å²) in [5.41, 5.74) is 6.78. The number of rotatable bonds is 4. The van der Waals surface area contributed by atoms with Crippen LogP contribution in [0, 0.1) is 11.8 Å². The van der Waals surface area contributed by atoms with Crippen LogP contribution in [0.3, 0.4) is 0 Å². The van der Waals surface area contributed by atoms with Gasteiger partial charge >= 0.3 is 0 Å². The Morgan fingerprint density at radius 2 is 2.29 bits per heavy atom. The van der Waals surface area contributed by atoms with Gasteiger partial charge in [-0.05, 0) is 6.42 Å². The molecule has 0 aromatic carbocycles. The molecule has 2 N–H and O–H groups in total. The summed E-state index contributed by atoms with van der Waals surface area (Å²) in [5, 5.41) is 8.12. The Morgan fingerprint density at radius 3 is 2.86 bits per heavy atom. The maximum Gasteiger partial charge on any atom is 0.123 e. The summed E-state index contributed by atoms with van der Waals surface area (Å²) in [4.78, 5) is 0. The molecular formula is C10H19N3O. The third-order valence-corrected chi connectivity index (χ3v) is 2.58. The summed E-state index contributed by atoms with van der Waals surface area (Å²) < 4.78 is 5.12. The molecular weight excluding hydrogens is 178 g/mol. The van der Waals surface area contributed by atoms with Crippen LogP contribution >= 0.6 is 0 Å². The minimum Gasteiger partial charge on any atom is -0.386 e. The first kappa shape index (κ1) is 11.2. The second-order valence-corrected chi connectivity index (χ2v) is 3.78. The van der Waals surface area contributed by atoms with Crippen LogP contribution in [0.15, 0.2) is 10.2 Å². The lowest BCUT2D eigenvalue weighted by molar-refractivity contribution is 0.179. The smallest absolute Gasteiger partial charge is 0.123 e. The van der Waals surface area contributed by atoms with E-state index in [9.17, 15) is 0 Å². The average Bonchev–Trinajstić information content (AvgIpc) is 2.17. The fourth-order valence-electron chi connectivity index (χ4n) is 1.79. The Balaban J connectivity index is 2.72. The molecule has 1 aliphatic rings. The van der Waals surface area contributed by atoms with Crippen LogP contribution in [-0.2, 0) is 4.74 Å². The zero-order valence-corrected chi connectivity index (χ0v) is 9.16. The molecule has 0 aromatic rings. The summed E-state index contributed by atoms with van der Waals surface area (Å²) >= 11 is 0. The molecule has 1 rings (SSSR count). The Kier molecular flexibility index (Phi) is 4.07. The fraction of sp³-hybridized carbons (Fsp3) is 0.800. The molecule has 0 spiro atoms. The molecule has 80 valence electrons. The van der Waals surface area contributed by atoms with Crippen LogP contribution in [0.1, 0.15) is 26.7 Å². The third-order valence-electron chi connectivity index (χ3n) is 2.58. The minimum atomic E-state index is 0.335. The monoisotopic (exact) mass is 197 g/mol. The number of hydrogen-bond donors (Lipinski definition) is 1. The Hall–Kier alpha value is -0.900. The topological polar surface area (TPSA) is 60.0 Å². The van der Waals surface area contributed by atoms with Crippen LogP contribution in [0.5, 0.6) is 0 Å².